The summed E-state index contributed by atoms with van der Waals surface area (Å²) in [7, 11) is 2.51. The van der Waals surface area contributed by atoms with Gasteiger partial charge in [0.2, 0.25) is 12.2 Å². The summed E-state index contributed by atoms with van der Waals surface area (Å²) in [5.74, 6) is -1.74. The number of carbonyl (C=O) groups excluding carboxylic acids is 3. The van der Waals surface area contributed by atoms with Crippen LogP contribution < -0.4 is 0 Å². The van der Waals surface area contributed by atoms with Gasteiger partial charge in [0.05, 0.1) is 38.8 Å². The summed E-state index contributed by atoms with van der Waals surface area (Å²) in [6.45, 7) is 0.706. The minimum atomic E-state index is -0.870. The maximum Gasteiger partial charge on any atom is 0.507 e. The highest BCUT2D eigenvalue weighted by molar-refractivity contribution is 5.68. The molecule has 0 bridgehead atoms. The number of carbonyl (C=O) groups is 3. The van der Waals surface area contributed by atoms with Crippen LogP contribution in [0.1, 0.15) is 75.3 Å². The highest BCUT2D eigenvalue weighted by Gasteiger charge is 1.99. The molecule has 0 unspecified atom stereocenters. The minimum Gasteiger partial charge on any atom is -0.481 e. The van der Waals surface area contributed by atoms with Crippen LogP contribution in [-0.2, 0) is 35.1 Å². The second-order valence-electron chi connectivity index (χ2n) is 10.0. The van der Waals surface area contributed by atoms with Crippen molar-refractivity contribution in [2.24, 2.45) is 9.98 Å². The number of aliphatic hydroxyl groups excluding tert-OH is 6. The van der Waals surface area contributed by atoms with Gasteiger partial charge in [0, 0.05) is 39.3 Å². The largest absolute Gasteiger partial charge is 0.507 e. The Hall–Kier alpha value is -4.83. The monoisotopic (exact) mass is 756 g/mol. The number of nitrogens with zero attached hydrogens (tertiary/aromatic N) is 2. The Morgan fingerprint density at radius 3 is 1.02 bits per heavy atom. The number of benzene rings is 2. The van der Waals surface area contributed by atoms with Crippen LogP contribution in [0.5, 0.6) is 0 Å². The van der Waals surface area contributed by atoms with Crippen LogP contribution in [-0.4, -0.2) is 125 Å². The Bertz CT molecular complexity index is 1140. The van der Waals surface area contributed by atoms with Crippen molar-refractivity contribution in [1.82, 2.24) is 0 Å². The van der Waals surface area contributed by atoms with E-state index in [1.807, 2.05) is 24.3 Å². The van der Waals surface area contributed by atoms with Gasteiger partial charge in [-0.25, -0.2) is 14.4 Å². The minimum absolute atomic E-state index is 0.0628. The van der Waals surface area contributed by atoms with Crippen molar-refractivity contribution in [3.63, 3.8) is 0 Å². The summed E-state index contributed by atoms with van der Waals surface area (Å²) in [5.41, 5.74) is 3.40. The molecular weight excluding hydrogens is 700 g/mol. The number of aliphatic imine (C=N–C) groups is 2. The van der Waals surface area contributed by atoms with Crippen molar-refractivity contribution >= 4 is 41.6 Å². The van der Waals surface area contributed by atoms with E-state index in [-0.39, 0.29) is 52.5 Å². The first-order valence-electron chi connectivity index (χ1n) is 16.5. The number of methoxy groups -OCH3 is 2. The van der Waals surface area contributed by atoms with E-state index in [2.05, 4.69) is 19.5 Å². The first-order chi connectivity index (χ1) is 25.5. The number of isocyanates is 2. The third kappa shape index (κ3) is 47.2. The van der Waals surface area contributed by atoms with Gasteiger partial charge in [0.25, 0.3) is 0 Å². The molecule has 0 atom stereocenters. The number of carboxylic acid groups (broad SMARTS) is 2. The van der Waals surface area contributed by atoms with Crippen LogP contribution >= 0.6 is 0 Å². The smallest absolute Gasteiger partial charge is 0.481 e. The zero-order valence-electron chi connectivity index (χ0n) is 30.5. The summed E-state index contributed by atoms with van der Waals surface area (Å²) in [4.78, 5) is 56.8. The molecule has 8 N–H and O–H groups in total. The lowest BCUT2D eigenvalue weighted by Gasteiger charge is -2.02. The van der Waals surface area contributed by atoms with Gasteiger partial charge in [-0.1, -0.05) is 37.1 Å². The molecule has 53 heavy (non-hydrogen) atoms. The molecule has 0 amide bonds. The van der Waals surface area contributed by atoms with Crippen molar-refractivity contribution in [2.45, 2.75) is 70.6 Å². The van der Waals surface area contributed by atoms with Crippen molar-refractivity contribution in [3.8, 4) is 0 Å². The molecule has 0 heterocycles. The van der Waals surface area contributed by atoms with Gasteiger partial charge < -0.3 is 50.3 Å². The van der Waals surface area contributed by atoms with Crippen molar-refractivity contribution in [3.05, 3.63) is 59.7 Å². The predicted molar refractivity (Wildman–Crippen MR) is 195 cm³/mol. The topological polar surface area (TPSA) is 290 Å². The molecular formula is C36H56N2O15. The molecule has 17 heteroatoms. The Morgan fingerprint density at radius 2 is 0.811 bits per heavy atom. The van der Waals surface area contributed by atoms with Crippen LogP contribution in [0.3, 0.4) is 0 Å². The predicted octanol–water partition coefficient (Wildman–Crippen LogP) is 3.58. The summed E-state index contributed by atoms with van der Waals surface area (Å²) in [6, 6.07) is 14.7. The number of hydrogen-bond donors (Lipinski definition) is 8. The van der Waals surface area contributed by atoms with E-state index in [4.69, 9.17) is 40.9 Å². The molecule has 2 rings (SSSR count). The quantitative estimate of drug-likeness (QED) is 0.0467. The van der Waals surface area contributed by atoms with E-state index < -0.39 is 18.1 Å². The van der Waals surface area contributed by atoms with E-state index in [0.29, 0.717) is 24.2 Å². The molecule has 2 aromatic rings. The second-order valence-corrected chi connectivity index (χ2v) is 10.0. The molecule has 0 aliphatic carbocycles. The number of hydrogen-bond acceptors (Lipinski definition) is 15. The van der Waals surface area contributed by atoms with Gasteiger partial charge in [0.1, 0.15) is 0 Å². The molecule has 17 nitrogen and oxygen atoms in total. The fourth-order valence-corrected chi connectivity index (χ4v) is 3.15. The number of aliphatic carboxylic acids is 2. The third-order valence-electron chi connectivity index (χ3n) is 5.73. The van der Waals surface area contributed by atoms with Gasteiger partial charge in [-0.15, -0.1) is 0 Å². The van der Waals surface area contributed by atoms with Crippen molar-refractivity contribution in [2.75, 3.05) is 53.9 Å². The van der Waals surface area contributed by atoms with Gasteiger partial charge >= 0.3 is 18.1 Å². The van der Waals surface area contributed by atoms with Crippen LogP contribution in [0.2, 0.25) is 0 Å². The SMILES string of the molecule is COC(=O)OC.O=C(O)CCCCC(=O)O.O=C=Nc1ccc(Cc2ccc(N=C=O)cc2)cc1.OCCCCCCO.OCCCCO.OCCO. The fourth-order valence-electron chi connectivity index (χ4n) is 3.15. The van der Waals surface area contributed by atoms with Crippen molar-refractivity contribution in [1.29, 1.82) is 0 Å². The van der Waals surface area contributed by atoms with Crippen molar-refractivity contribution < 1.29 is 74.3 Å². The number of ether oxygens (including phenoxy) is 2. The molecule has 0 spiro atoms. The second kappa shape index (κ2) is 45.2. The number of aliphatic hydroxyl groups is 6. The maximum atomic E-state index is 10.1. The van der Waals surface area contributed by atoms with Crippen LogP contribution in [0.4, 0.5) is 16.2 Å². The molecule has 300 valence electrons. The van der Waals surface area contributed by atoms with Gasteiger partial charge in [0.15, 0.2) is 0 Å². The first kappa shape index (κ1) is 54.9. The van der Waals surface area contributed by atoms with E-state index >= 15 is 0 Å². The summed E-state index contributed by atoms with van der Waals surface area (Å²) in [5, 5.41) is 64.3. The van der Waals surface area contributed by atoms with Crippen LogP contribution in [0, 0.1) is 0 Å². The van der Waals surface area contributed by atoms with Crippen LogP contribution in [0.25, 0.3) is 0 Å². The molecule has 0 saturated carbocycles. The summed E-state index contributed by atoms with van der Waals surface area (Å²) >= 11 is 0. The average molecular weight is 757 g/mol. The molecule has 0 saturated heterocycles. The lowest BCUT2D eigenvalue weighted by molar-refractivity contribution is -0.139. The Kier molecular flexibility index (Phi) is 46.8. The average Bonchev–Trinajstić information content (AvgIpc) is 3.16. The molecule has 0 aromatic heterocycles. The molecule has 0 radical (unpaired) electrons. The maximum absolute atomic E-state index is 10.1. The molecule has 0 aliphatic rings. The van der Waals surface area contributed by atoms with E-state index in [0.717, 1.165) is 56.1 Å². The van der Waals surface area contributed by atoms with Gasteiger partial charge in [-0.2, -0.15) is 9.98 Å². The highest BCUT2D eigenvalue weighted by atomic mass is 16.7. The molecule has 2 aromatic carbocycles. The lowest BCUT2D eigenvalue weighted by Crippen LogP contribution is -1.97. The Labute approximate surface area is 309 Å². The van der Waals surface area contributed by atoms with E-state index in [1.165, 1.54) is 26.4 Å². The van der Waals surface area contributed by atoms with E-state index in [1.54, 1.807) is 24.3 Å². The molecule has 0 fully saturated rings. The molecule has 0 aliphatic heterocycles. The Morgan fingerprint density at radius 1 is 0.509 bits per heavy atom. The zero-order valence-corrected chi connectivity index (χ0v) is 30.5. The van der Waals surface area contributed by atoms with Crippen LogP contribution in [0.15, 0.2) is 58.5 Å². The summed E-state index contributed by atoms with van der Waals surface area (Å²) < 4.78 is 8.08. The zero-order chi connectivity index (χ0) is 41.0. The fraction of sp³-hybridized carbons (Fsp3) is 0.528. The summed E-state index contributed by atoms with van der Waals surface area (Å²) in [6.07, 6.45) is 9.39. The number of rotatable bonds is 18. The Balaban J connectivity index is -0.000000301. The highest BCUT2D eigenvalue weighted by Crippen LogP contribution is 2.17. The number of unbranched alkanes of at least 4 members (excludes halogenated alkanes) is 5. The first-order valence-corrected chi connectivity index (χ1v) is 16.5. The lowest BCUT2D eigenvalue weighted by atomic mass is 10.0. The third-order valence-corrected chi connectivity index (χ3v) is 5.73. The standard InChI is InChI=1S/C15H10N2O2.C6H10O4.C6H14O2.C4H10O2.C3H6O3.C2H6O2/c18-10-16-14-5-1-12(2-6-14)9-13-3-7-15(8-4-13)17-11-19;7-5(8)3-1-2-4-6(9)10;7-5-3-1-2-4-6-8;5-3-1-2-4-6;1-5-3(4)6-2;3-1-2-4/h1-8H,9H2;1-4H2,(H,7,8)(H,9,10);7-8H,1-6H2;5-6H,1-4H2;1-2H3;3-4H,1-2H2. The van der Waals surface area contributed by atoms with Gasteiger partial charge in [-0.3, -0.25) is 9.59 Å². The normalized spacial score (nSPS) is 8.91. The number of carboxylic acids is 2. The van der Waals surface area contributed by atoms with Gasteiger partial charge in [-0.05, 0) is 80.3 Å². The van der Waals surface area contributed by atoms with E-state index in [9.17, 15) is 24.0 Å².